The fourth-order valence-corrected chi connectivity index (χ4v) is 25.4. The molecular formula is C45H72O8Si4. The fourth-order valence-electron chi connectivity index (χ4n) is 7.31. The zero-order valence-corrected chi connectivity index (χ0v) is 41.2. The van der Waals surface area contributed by atoms with Gasteiger partial charge in [-0.3, -0.25) is 0 Å². The predicted octanol–water partition coefficient (Wildman–Crippen LogP) is 14.0. The Hall–Kier alpha value is -3.01. The summed E-state index contributed by atoms with van der Waals surface area (Å²) in [7, 11) is -6.65. The molecule has 0 aliphatic heterocycles. The van der Waals surface area contributed by atoms with E-state index in [1.165, 1.54) is 48.9 Å². The Morgan fingerprint density at radius 2 is 0.789 bits per heavy atom. The lowest BCUT2D eigenvalue weighted by Crippen LogP contribution is -2.44. The van der Waals surface area contributed by atoms with Gasteiger partial charge in [0.1, 0.15) is 22.8 Å². The molecule has 0 amide bonds. The van der Waals surface area contributed by atoms with Gasteiger partial charge in [-0.05, 0) is 169 Å². The lowest BCUT2D eigenvalue weighted by Gasteiger charge is -2.34. The molecule has 316 valence electrons. The van der Waals surface area contributed by atoms with Crippen molar-refractivity contribution in [2.24, 2.45) is 0 Å². The van der Waals surface area contributed by atoms with E-state index in [4.69, 9.17) is 27.2 Å². The molecule has 12 heteroatoms. The zero-order valence-electron chi connectivity index (χ0n) is 37.2. The third kappa shape index (κ3) is 18.6. The Morgan fingerprint density at radius 3 is 1.14 bits per heavy atom. The van der Waals surface area contributed by atoms with Gasteiger partial charge in [0, 0.05) is 0 Å². The number of benzene rings is 3. The van der Waals surface area contributed by atoms with E-state index in [1.54, 1.807) is 62.4 Å². The molecule has 0 fully saturated rings. The van der Waals surface area contributed by atoms with Crippen LogP contribution in [0.15, 0.2) is 72.8 Å². The van der Waals surface area contributed by atoms with Crippen LogP contribution in [0.2, 0.25) is 76.6 Å². The third-order valence-corrected chi connectivity index (χ3v) is 25.3. The number of ether oxygens (including phenoxy) is 4. The van der Waals surface area contributed by atoms with Crippen molar-refractivity contribution in [3.05, 3.63) is 89.5 Å². The third-order valence-electron chi connectivity index (χ3n) is 10.2. The molecule has 0 spiro atoms. The Kier molecular flexibility index (Phi) is 18.5. The van der Waals surface area contributed by atoms with Gasteiger partial charge >= 0.3 is 12.3 Å². The lowest BCUT2D eigenvalue weighted by atomic mass is 9.98. The molecule has 3 aromatic carbocycles. The second-order valence-corrected chi connectivity index (χ2v) is 36.1. The minimum atomic E-state index is -1.72. The summed E-state index contributed by atoms with van der Waals surface area (Å²) in [6, 6.07) is 26.7. The highest BCUT2D eigenvalue weighted by atomic mass is 28.4. The van der Waals surface area contributed by atoms with Crippen LogP contribution in [-0.2, 0) is 31.4 Å². The summed E-state index contributed by atoms with van der Waals surface area (Å²) in [6.07, 6.45) is 7.35. The van der Waals surface area contributed by atoms with Crippen LogP contribution >= 0.6 is 0 Å². The summed E-state index contributed by atoms with van der Waals surface area (Å²) >= 11 is 0. The maximum Gasteiger partial charge on any atom is 0.519 e. The molecule has 3 rings (SSSR count). The Bertz CT molecular complexity index is 1670. The normalized spacial score (nSPS) is 12.6. The molecule has 0 unspecified atom stereocenters. The van der Waals surface area contributed by atoms with Crippen molar-refractivity contribution in [1.29, 1.82) is 0 Å². The van der Waals surface area contributed by atoms with E-state index >= 15 is 0 Å². The lowest BCUT2D eigenvalue weighted by molar-refractivity contribution is 0.00635. The molecular weight excluding hydrogens is 781 g/mol. The molecule has 0 radical (unpaired) electrons. The molecule has 0 aliphatic carbocycles. The monoisotopic (exact) mass is 852 g/mol. The summed E-state index contributed by atoms with van der Waals surface area (Å²) in [5, 5.41) is 0. The maximum absolute atomic E-state index is 12.8. The molecule has 0 N–H and O–H groups in total. The Morgan fingerprint density at radius 1 is 0.474 bits per heavy atom. The van der Waals surface area contributed by atoms with Gasteiger partial charge in [-0.1, -0.05) is 75.9 Å². The number of unbranched alkanes of at least 4 members (excludes halogenated alkanes) is 2. The minimum absolute atomic E-state index is 0.310. The molecule has 0 heterocycles. The van der Waals surface area contributed by atoms with Gasteiger partial charge in [-0.15, -0.1) is 0 Å². The molecule has 0 saturated carbocycles. The molecule has 0 saturated heterocycles. The van der Waals surface area contributed by atoms with Crippen molar-refractivity contribution in [2.75, 3.05) is 0 Å². The molecule has 0 aromatic heterocycles. The van der Waals surface area contributed by atoms with E-state index in [0.29, 0.717) is 22.8 Å². The number of rotatable bonds is 23. The zero-order chi connectivity index (χ0) is 42.3. The van der Waals surface area contributed by atoms with Crippen molar-refractivity contribution < 1.29 is 36.8 Å². The fraction of sp³-hybridized carbons (Fsp3) is 0.556. The second kappa shape index (κ2) is 21.8. The van der Waals surface area contributed by atoms with E-state index in [2.05, 4.69) is 66.2 Å². The maximum atomic E-state index is 12.8. The van der Waals surface area contributed by atoms with E-state index in [9.17, 15) is 9.59 Å². The van der Waals surface area contributed by atoms with Crippen LogP contribution in [0.4, 0.5) is 9.59 Å². The van der Waals surface area contributed by atoms with Crippen molar-refractivity contribution in [2.45, 2.75) is 161 Å². The average molecular weight is 853 g/mol. The molecule has 0 bridgehead atoms. The summed E-state index contributed by atoms with van der Waals surface area (Å²) in [5.74, 6) is 1.15. The largest absolute Gasteiger partial charge is 0.519 e. The predicted molar refractivity (Wildman–Crippen MR) is 244 cm³/mol. The topological polar surface area (TPSA) is 89.5 Å². The van der Waals surface area contributed by atoms with E-state index in [0.717, 1.165) is 37.8 Å². The smallest absolute Gasteiger partial charge is 0.455 e. The summed E-state index contributed by atoms with van der Waals surface area (Å²) in [6.45, 7) is 26.8. The molecule has 57 heavy (non-hydrogen) atoms. The highest BCUT2D eigenvalue weighted by molar-refractivity contribution is 6.85. The van der Waals surface area contributed by atoms with Gasteiger partial charge in [-0.2, -0.15) is 0 Å². The molecule has 8 nitrogen and oxygen atoms in total. The van der Waals surface area contributed by atoms with Gasteiger partial charge < -0.3 is 27.2 Å². The quantitative estimate of drug-likeness (QED) is 0.0529. The van der Waals surface area contributed by atoms with Crippen molar-refractivity contribution in [3.63, 3.8) is 0 Å². The molecule has 0 atom stereocenters. The summed E-state index contributed by atoms with van der Waals surface area (Å²) in [5.41, 5.74) is 2.10. The first kappa shape index (κ1) is 48.4. The summed E-state index contributed by atoms with van der Waals surface area (Å²) in [4.78, 5) is 25.4. The van der Waals surface area contributed by atoms with Crippen LogP contribution in [0.1, 0.15) is 82.9 Å². The summed E-state index contributed by atoms with van der Waals surface area (Å²) < 4.78 is 35.6. The van der Waals surface area contributed by atoms with Crippen LogP contribution < -0.4 is 14.2 Å². The first-order valence-electron chi connectivity index (χ1n) is 21.1. The highest BCUT2D eigenvalue weighted by Gasteiger charge is 2.33. The number of hydrogen-bond acceptors (Lipinski definition) is 8. The molecule has 3 aromatic rings. The van der Waals surface area contributed by atoms with E-state index < -0.39 is 51.2 Å². The Balaban J connectivity index is 1.41. The standard InChI is InChI=1S/C45H72O8Si4/c1-13-15-33-54(5,6)52-56(9,10)35-17-19-37-21-27-40(28-22-37)48-43(46)49-42-31-25-39(26-32-42)45(3,4)51-44(47)50-41-29-23-38(24-30-41)20-18-36-57(11,12)53-55(7,8)34-16-14-2/h21-32H,13-20,33-36H2,1-12H3. The van der Waals surface area contributed by atoms with Crippen LogP contribution in [0.5, 0.6) is 17.2 Å². The van der Waals surface area contributed by atoms with Gasteiger partial charge in [0.25, 0.3) is 0 Å². The highest BCUT2D eigenvalue weighted by Crippen LogP contribution is 2.30. The number of aryl methyl sites for hydroxylation is 2. The average Bonchev–Trinajstić information content (AvgIpc) is 3.10. The Labute approximate surface area is 348 Å². The van der Waals surface area contributed by atoms with Crippen molar-refractivity contribution in [1.82, 2.24) is 0 Å². The van der Waals surface area contributed by atoms with Crippen LogP contribution in [0, 0.1) is 0 Å². The first-order valence-corrected chi connectivity index (χ1v) is 33.6. The molecule has 0 aliphatic rings. The second-order valence-electron chi connectivity index (χ2n) is 18.4. The van der Waals surface area contributed by atoms with Gasteiger partial charge in [0.05, 0.1) is 0 Å². The van der Waals surface area contributed by atoms with E-state index in [1.807, 2.05) is 24.3 Å². The van der Waals surface area contributed by atoms with Crippen LogP contribution in [-0.4, -0.2) is 45.6 Å². The number of hydrogen-bond donors (Lipinski definition) is 0. The van der Waals surface area contributed by atoms with Crippen molar-refractivity contribution >= 4 is 45.6 Å². The van der Waals surface area contributed by atoms with Gasteiger partial charge in [0.15, 0.2) is 33.3 Å². The van der Waals surface area contributed by atoms with Crippen molar-refractivity contribution in [3.8, 4) is 17.2 Å². The minimum Gasteiger partial charge on any atom is -0.455 e. The van der Waals surface area contributed by atoms with Gasteiger partial charge in [0.2, 0.25) is 0 Å². The van der Waals surface area contributed by atoms with Crippen LogP contribution in [0.3, 0.4) is 0 Å². The SMILES string of the molecule is CCCC[Si](C)(C)O[Si](C)(C)CCCc1ccc(OC(=O)Oc2ccc(C(C)(C)OC(=O)Oc3ccc(CCC[Si](C)(C)O[Si](C)(C)CCCC)cc3)cc2)cc1. The first-order chi connectivity index (χ1) is 26.6. The van der Waals surface area contributed by atoms with E-state index in [-0.39, 0.29) is 0 Å². The number of carbonyl (C=O) groups excluding carboxylic acids is 2. The number of carbonyl (C=O) groups is 2. The van der Waals surface area contributed by atoms with Crippen LogP contribution in [0.25, 0.3) is 0 Å². The van der Waals surface area contributed by atoms with Gasteiger partial charge in [-0.25, -0.2) is 9.59 Å².